The highest BCUT2D eigenvalue weighted by atomic mass is 79.9. The lowest BCUT2D eigenvalue weighted by molar-refractivity contribution is -0.114. The predicted molar refractivity (Wildman–Crippen MR) is 66.2 cm³/mol. The molecule has 1 aromatic carbocycles. The van der Waals surface area contributed by atoms with Crippen LogP contribution in [0.4, 0.5) is 10.1 Å². The van der Waals surface area contributed by atoms with Crippen molar-refractivity contribution in [1.82, 2.24) is 0 Å². The number of Topliss-reactive ketones (excluding diaryl/α,β-unsaturated/α-hetero) is 1. The molecule has 0 bridgehead atoms. The molecule has 1 aliphatic rings. The lowest BCUT2D eigenvalue weighted by atomic mass is 10.1. The molecule has 0 radical (unpaired) electrons. The van der Waals surface area contributed by atoms with E-state index in [1.807, 2.05) is 13.0 Å². The van der Waals surface area contributed by atoms with Gasteiger partial charge in [0.15, 0.2) is 0 Å². The van der Waals surface area contributed by atoms with Gasteiger partial charge in [0.1, 0.15) is 0 Å². The summed E-state index contributed by atoms with van der Waals surface area (Å²) in [6, 6.07) is 3.48. The van der Waals surface area contributed by atoms with Gasteiger partial charge in [-0.2, -0.15) is 0 Å². The van der Waals surface area contributed by atoms with Crippen LogP contribution < -0.4 is 4.90 Å². The summed E-state index contributed by atoms with van der Waals surface area (Å²) in [5, 5.41) is 0. The molecule has 17 heavy (non-hydrogen) atoms. The Morgan fingerprint density at radius 3 is 2.71 bits per heavy atom. The average molecular weight is 300 g/mol. The van der Waals surface area contributed by atoms with Crippen LogP contribution in [-0.2, 0) is 4.79 Å². The molecule has 1 aliphatic heterocycles. The Hall–Kier alpha value is -1.23. The Morgan fingerprint density at radius 1 is 1.35 bits per heavy atom. The van der Waals surface area contributed by atoms with Crippen molar-refractivity contribution in [3.05, 3.63) is 27.7 Å². The second kappa shape index (κ2) is 4.56. The molecule has 1 amide bonds. The van der Waals surface area contributed by atoms with Gasteiger partial charge in [-0.15, -0.1) is 0 Å². The molecule has 0 aromatic heterocycles. The number of carbonyl (C=O) groups is 2. The van der Waals surface area contributed by atoms with Crippen LogP contribution in [0.25, 0.3) is 0 Å². The number of amides is 1. The molecule has 0 N–H and O–H groups in total. The van der Waals surface area contributed by atoms with Gasteiger partial charge in [-0.3, -0.25) is 14.0 Å². The minimum Gasteiger partial charge on any atom is -0.304 e. The Bertz CT molecular complexity index is 502. The molecule has 1 aromatic rings. The zero-order valence-corrected chi connectivity index (χ0v) is 10.9. The van der Waals surface area contributed by atoms with E-state index in [4.69, 9.17) is 0 Å². The molecule has 0 saturated carbocycles. The van der Waals surface area contributed by atoms with E-state index in [2.05, 4.69) is 15.9 Å². The van der Waals surface area contributed by atoms with Crippen molar-refractivity contribution < 1.29 is 14.0 Å². The summed E-state index contributed by atoms with van der Waals surface area (Å²) in [7, 11) is 0. The lowest BCUT2D eigenvalue weighted by Gasteiger charge is -2.17. The lowest BCUT2D eigenvalue weighted by Crippen LogP contribution is -2.31. The van der Waals surface area contributed by atoms with Crippen LogP contribution in [-0.4, -0.2) is 24.9 Å². The highest BCUT2D eigenvalue weighted by Gasteiger charge is 2.36. The average Bonchev–Trinajstić information content (AvgIpc) is 2.51. The van der Waals surface area contributed by atoms with Crippen LogP contribution in [0, 0.1) is 6.92 Å². The minimum atomic E-state index is -0.561. The molecular weight excluding hydrogens is 289 g/mol. The van der Waals surface area contributed by atoms with Gasteiger partial charge in [-0.25, -0.2) is 0 Å². The van der Waals surface area contributed by atoms with Crippen molar-refractivity contribution in [3.63, 3.8) is 0 Å². The van der Waals surface area contributed by atoms with E-state index in [1.165, 1.54) is 4.90 Å². The van der Waals surface area contributed by atoms with Crippen LogP contribution in [0.5, 0.6) is 0 Å². The summed E-state index contributed by atoms with van der Waals surface area (Å²) in [5.41, 5.74) is 1.87. The Morgan fingerprint density at radius 2 is 2.06 bits per heavy atom. The van der Waals surface area contributed by atoms with Crippen LogP contribution >= 0.6 is 15.9 Å². The summed E-state index contributed by atoms with van der Waals surface area (Å²) in [6.07, 6.45) is 0.244. The molecule has 0 saturated heterocycles. The summed E-state index contributed by atoms with van der Waals surface area (Å²) in [6.45, 7) is 1.58. The van der Waals surface area contributed by atoms with E-state index in [0.29, 0.717) is 11.3 Å². The van der Waals surface area contributed by atoms with Gasteiger partial charge in [0.25, 0.3) is 11.7 Å². The number of aryl methyl sites for hydroxylation is 1. The minimum absolute atomic E-state index is 0.244. The topological polar surface area (TPSA) is 37.4 Å². The summed E-state index contributed by atoms with van der Waals surface area (Å²) in [4.78, 5) is 24.9. The number of anilines is 1. The zero-order chi connectivity index (χ0) is 12.6. The van der Waals surface area contributed by atoms with Gasteiger partial charge >= 0.3 is 0 Å². The van der Waals surface area contributed by atoms with E-state index in [0.717, 1.165) is 10.0 Å². The van der Waals surface area contributed by atoms with Gasteiger partial charge in [-0.05, 0) is 31.0 Å². The van der Waals surface area contributed by atoms with Crippen molar-refractivity contribution in [2.24, 2.45) is 0 Å². The number of ketones is 1. The largest absolute Gasteiger partial charge is 0.304 e. The fourth-order valence-electron chi connectivity index (χ4n) is 2.04. The fraction of sp³-hybridized carbons (Fsp3) is 0.333. The normalized spacial score (nSPS) is 14.4. The van der Waals surface area contributed by atoms with Crippen molar-refractivity contribution in [1.29, 1.82) is 0 Å². The SMILES string of the molecule is Cc1cc(Br)cc2c1N(CCCF)C(=O)C2=O. The highest BCUT2D eigenvalue weighted by Crippen LogP contribution is 2.34. The maximum Gasteiger partial charge on any atom is 0.299 e. The van der Waals surface area contributed by atoms with E-state index in [1.54, 1.807) is 6.07 Å². The maximum absolute atomic E-state index is 12.2. The number of carbonyl (C=O) groups excluding carboxylic acids is 2. The molecular formula is C12H11BrFNO2. The first-order chi connectivity index (χ1) is 8.06. The number of hydrogen-bond donors (Lipinski definition) is 0. The Balaban J connectivity index is 2.48. The predicted octanol–water partition coefficient (Wildman–Crippen LogP) is 2.65. The third-order valence-corrected chi connectivity index (χ3v) is 3.19. The molecule has 2 rings (SSSR count). The number of hydrogen-bond acceptors (Lipinski definition) is 2. The molecule has 0 aliphatic carbocycles. The second-order valence-corrected chi connectivity index (χ2v) is 4.86. The van der Waals surface area contributed by atoms with Gasteiger partial charge in [0.05, 0.1) is 17.9 Å². The second-order valence-electron chi connectivity index (χ2n) is 3.95. The van der Waals surface area contributed by atoms with Gasteiger partial charge in [-0.1, -0.05) is 15.9 Å². The number of benzene rings is 1. The zero-order valence-electron chi connectivity index (χ0n) is 9.30. The molecule has 0 unspecified atom stereocenters. The van der Waals surface area contributed by atoms with Crippen molar-refractivity contribution in [2.75, 3.05) is 18.1 Å². The Labute approximate surface area is 107 Å². The fourth-order valence-corrected chi connectivity index (χ4v) is 2.61. The van der Waals surface area contributed by atoms with Crippen molar-refractivity contribution in [2.45, 2.75) is 13.3 Å². The first-order valence-corrected chi connectivity index (χ1v) is 6.08. The van der Waals surface area contributed by atoms with E-state index in [9.17, 15) is 14.0 Å². The van der Waals surface area contributed by atoms with E-state index >= 15 is 0 Å². The number of alkyl halides is 1. The number of halogens is 2. The monoisotopic (exact) mass is 299 g/mol. The number of fused-ring (bicyclic) bond motifs is 1. The van der Waals surface area contributed by atoms with Gasteiger partial charge < -0.3 is 4.90 Å². The smallest absolute Gasteiger partial charge is 0.299 e. The molecule has 3 nitrogen and oxygen atoms in total. The molecule has 0 atom stereocenters. The standard InChI is InChI=1S/C12H11BrFNO2/c1-7-5-8(13)6-9-10(7)15(4-2-3-14)12(17)11(9)16/h5-6H,2-4H2,1H3. The third kappa shape index (κ3) is 1.99. The molecule has 1 heterocycles. The number of nitrogens with zero attached hydrogens (tertiary/aromatic N) is 1. The van der Waals surface area contributed by atoms with Crippen LogP contribution in [0.1, 0.15) is 22.3 Å². The molecule has 90 valence electrons. The van der Waals surface area contributed by atoms with Gasteiger partial charge in [0.2, 0.25) is 0 Å². The molecule has 0 fully saturated rings. The first kappa shape index (κ1) is 12.2. The van der Waals surface area contributed by atoms with Gasteiger partial charge in [0, 0.05) is 11.0 Å². The van der Waals surface area contributed by atoms with Crippen LogP contribution in [0.2, 0.25) is 0 Å². The highest BCUT2D eigenvalue weighted by molar-refractivity contribution is 9.10. The van der Waals surface area contributed by atoms with Crippen molar-refractivity contribution in [3.8, 4) is 0 Å². The quantitative estimate of drug-likeness (QED) is 0.805. The van der Waals surface area contributed by atoms with E-state index in [-0.39, 0.29) is 13.0 Å². The molecule has 0 spiro atoms. The molecule has 5 heteroatoms. The maximum atomic E-state index is 12.2. The summed E-state index contributed by atoms with van der Waals surface area (Å²) < 4.78 is 12.9. The third-order valence-electron chi connectivity index (χ3n) is 2.73. The van der Waals surface area contributed by atoms with Crippen LogP contribution in [0.15, 0.2) is 16.6 Å². The van der Waals surface area contributed by atoms with Crippen molar-refractivity contribution >= 4 is 33.3 Å². The summed E-state index contributed by atoms with van der Waals surface area (Å²) >= 11 is 3.29. The van der Waals surface area contributed by atoms with Crippen LogP contribution in [0.3, 0.4) is 0 Å². The Kier molecular flexibility index (Phi) is 3.28. The summed E-state index contributed by atoms with van der Waals surface area (Å²) in [5.74, 6) is -1.07. The van der Waals surface area contributed by atoms with E-state index < -0.39 is 18.4 Å². The first-order valence-electron chi connectivity index (χ1n) is 5.28. The number of rotatable bonds is 3.